The van der Waals surface area contributed by atoms with Crippen LogP contribution in [0.3, 0.4) is 0 Å². The van der Waals surface area contributed by atoms with E-state index in [1.54, 1.807) is 17.3 Å². The minimum absolute atomic E-state index is 0.0681. The van der Waals surface area contributed by atoms with Gasteiger partial charge in [0, 0.05) is 30.2 Å². The summed E-state index contributed by atoms with van der Waals surface area (Å²) in [6.45, 7) is 6.39. The van der Waals surface area contributed by atoms with Crippen LogP contribution in [0.4, 0.5) is 5.69 Å². The number of pyridine rings is 2. The Balaban J connectivity index is 1.30. The first kappa shape index (κ1) is 30.3. The molecule has 0 radical (unpaired) electrons. The number of rotatable bonds is 8. The average Bonchev–Trinajstić information content (AvgIpc) is 3.61. The van der Waals surface area contributed by atoms with E-state index in [1.807, 2.05) is 19.1 Å². The number of aromatic nitrogens is 2. The Morgan fingerprint density at radius 2 is 1.84 bits per heavy atom. The summed E-state index contributed by atoms with van der Waals surface area (Å²) >= 11 is 12.2. The van der Waals surface area contributed by atoms with Crippen LogP contribution in [0.2, 0.25) is 10.3 Å². The zero-order valence-electron chi connectivity index (χ0n) is 24.8. The van der Waals surface area contributed by atoms with Gasteiger partial charge < -0.3 is 20.3 Å². The Kier molecular flexibility index (Phi) is 8.43. The summed E-state index contributed by atoms with van der Waals surface area (Å²) in [5, 5.41) is 6.52. The smallest absolute Gasteiger partial charge is 0.250 e. The maximum atomic E-state index is 14.4. The number of amides is 3. The van der Waals surface area contributed by atoms with Crippen molar-refractivity contribution in [1.82, 2.24) is 20.2 Å². The average molecular weight is 629 g/mol. The van der Waals surface area contributed by atoms with E-state index in [2.05, 4.69) is 34.4 Å². The summed E-state index contributed by atoms with van der Waals surface area (Å²) in [4.78, 5) is 52.3. The van der Waals surface area contributed by atoms with Crippen LogP contribution >= 0.6 is 23.2 Å². The van der Waals surface area contributed by atoms with E-state index in [-0.39, 0.29) is 40.1 Å². The summed E-state index contributed by atoms with van der Waals surface area (Å²) in [5.41, 5.74) is 0.387. The summed E-state index contributed by atoms with van der Waals surface area (Å²) in [7, 11) is 0. The van der Waals surface area contributed by atoms with Gasteiger partial charge in [0.25, 0.3) is 0 Å². The van der Waals surface area contributed by atoms with Gasteiger partial charge in [0.1, 0.15) is 21.9 Å². The second-order valence-corrected chi connectivity index (χ2v) is 13.7. The first-order valence-electron chi connectivity index (χ1n) is 15.4. The molecule has 2 aromatic rings. The molecule has 1 aliphatic carbocycles. The second kappa shape index (κ2) is 12.0. The largest absolute Gasteiger partial charge is 0.367 e. The SMILES string of the molecule is CC1CCCC(NC(=O)C2C3CCC4(O3)C2C(=O)N(C(C)CCc2ccncc2)C4C(=O)Nc2cc(Cl)nc(Cl)c2)C1C. The van der Waals surface area contributed by atoms with Gasteiger partial charge in [-0.1, -0.05) is 49.9 Å². The number of carbonyl (C=O) groups excluding carboxylic acids is 3. The first-order chi connectivity index (χ1) is 20.6. The van der Waals surface area contributed by atoms with Gasteiger partial charge in [-0.3, -0.25) is 19.4 Å². The molecule has 3 aliphatic heterocycles. The Labute approximate surface area is 262 Å². The topological polar surface area (TPSA) is 114 Å². The Hall–Kier alpha value is -2.75. The molecule has 43 heavy (non-hydrogen) atoms. The maximum absolute atomic E-state index is 14.4. The van der Waals surface area contributed by atoms with E-state index in [0.717, 1.165) is 24.8 Å². The molecule has 2 bridgehead atoms. The lowest BCUT2D eigenvalue weighted by atomic mass is 9.70. The van der Waals surface area contributed by atoms with Crippen molar-refractivity contribution < 1.29 is 19.1 Å². The number of halogens is 2. The zero-order valence-corrected chi connectivity index (χ0v) is 26.3. The first-order valence-corrected chi connectivity index (χ1v) is 16.2. The maximum Gasteiger partial charge on any atom is 0.250 e. The van der Waals surface area contributed by atoms with E-state index < -0.39 is 29.6 Å². The fourth-order valence-electron chi connectivity index (χ4n) is 8.04. The molecule has 0 aromatic carbocycles. The van der Waals surface area contributed by atoms with Crippen molar-refractivity contribution in [3.8, 4) is 0 Å². The molecule has 2 aromatic heterocycles. The van der Waals surface area contributed by atoms with Crippen molar-refractivity contribution >= 4 is 46.6 Å². The van der Waals surface area contributed by atoms with Gasteiger partial charge in [-0.15, -0.1) is 0 Å². The molecule has 11 heteroatoms. The number of carbonyl (C=O) groups is 3. The minimum atomic E-state index is -1.09. The van der Waals surface area contributed by atoms with Gasteiger partial charge in [-0.05, 0) is 80.7 Å². The summed E-state index contributed by atoms with van der Waals surface area (Å²) in [5.74, 6) is -1.20. The fourth-order valence-corrected chi connectivity index (χ4v) is 8.50. The van der Waals surface area contributed by atoms with Crippen molar-refractivity contribution in [3.05, 3.63) is 52.5 Å². The van der Waals surface area contributed by atoms with Gasteiger partial charge in [0.05, 0.1) is 17.9 Å². The molecule has 5 heterocycles. The number of hydrogen-bond acceptors (Lipinski definition) is 6. The van der Waals surface area contributed by atoms with Gasteiger partial charge >= 0.3 is 0 Å². The highest BCUT2D eigenvalue weighted by Gasteiger charge is 2.74. The van der Waals surface area contributed by atoms with Gasteiger partial charge in [0.15, 0.2) is 0 Å². The van der Waals surface area contributed by atoms with Crippen molar-refractivity contribution in [2.45, 2.75) is 95.5 Å². The molecule has 9 unspecified atom stereocenters. The van der Waals surface area contributed by atoms with E-state index in [9.17, 15) is 14.4 Å². The van der Waals surface area contributed by atoms with Crippen LogP contribution < -0.4 is 10.6 Å². The Morgan fingerprint density at radius 1 is 1.12 bits per heavy atom. The molecule has 3 amide bonds. The van der Waals surface area contributed by atoms with Crippen LogP contribution in [0.5, 0.6) is 0 Å². The fraction of sp³-hybridized carbons (Fsp3) is 0.594. The van der Waals surface area contributed by atoms with Crippen LogP contribution in [-0.4, -0.2) is 62.4 Å². The van der Waals surface area contributed by atoms with Crippen LogP contribution in [0.25, 0.3) is 0 Å². The van der Waals surface area contributed by atoms with Crippen LogP contribution in [0, 0.1) is 23.7 Å². The van der Waals surface area contributed by atoms with Gasteiger partial charge in [0.2, 0.25) is 17.7 Å². The van der Waals surface area contributed by atoms with Crippen LogP contribution in [0.15, 0.2) is 36.7 Å². The van der Waals surface area contributed by atoms with Crippen LogP contribution in [-0.2, 0) is 25.5 Å². The summed E-state index contributed by atoms with van der Waals surface area (Å²) in [6, 6.07) is 5.80. The minimum Gasteiger partial charge on any atom is -0.367 e. The van der Waals surface area contributed by atoms with Crippen molar-refractivity contribution in [1.29, 1.82) is 0 Å². The highest BCUT2D eigenvalue weighted by atomic mass is 35.5. The van der Waals surface area contributed by atoms with Gasteiger partial charge in [-0.2, -0.15) is 0 Å². The molecule has 1 saturated carbocycles. The second-order valence-electron chi connectivity index (χ2n) is 12.9. The third-order valence-electron chi connectivity index (χ3n) is 10.4. The molecule has 230 valence electrons. The number of hydrogen-bond donors (Lipinski definition) is 2. The predicted octanol–water partition coefficient (Wildman–Crippen LogP) is 5.06. The lowest BCUT2D eigenvalue weighted by molar-refractivity contribution is -0.143. The van der Waals surface area contributed by atoms with E-state index in [0.29, 0.717) is 43.2 Å². The molecule has 1 spiro atoms. The molecule has 6 rings (SSSR count). The zero-order chi connectivity index (χ0) is 30.5. The highest BCUT2D eigenvalue weighted by Crippen LogP contribution is 2.59. The van der Waals surface area contributed by atoms with Crippen LogP contribution in [0.1, 0.15) is 64.9 Å². The monoisotopic (exact) mass is 627 g/mol. The quantitative estimate of drug-likeness (QED) is 0.396. The number of aryl methyl sites for hydroxylation is 1. The number of anilines is 1. The lowest BCUT2D eigenvalue weighted by Gasteiger charge is -2.36. The third kappa shape index (κ3) is 5.53. The lowest BCUT2D eigenvalue weighted by Crippen LogP contribution is -2.55. The number of fused-ring (bicyclic) bond motifs is 1. The molecular formula is C32H39Cl2N5O4. The Morgan fingerprint density at radius 3 is 2.56 bits per heavy atom. The molecule has 9 atom stereocenters. The molecule has 4 fully saturated rings. The standard InChI is InChI=1S/C32H39Cl2N5O4/c1-17-5-4-6-22(19(17)3)37-29(40)26-23-9-12-32(43-23)27(26)31(42)39(18(2)7-8-20-10-13-35-14-11-20)28(32)30(41)36-21-15-24(33)38-25(34)16-21/h10-11,13-19,22-23,26-28H,4-9,12H2,1-3H3,(H,37,40)(H,36,38,41). The van der Waals surface area contributed by atoms with Crippen molar-refractivity contribution in [3.63, 3.8) is 0 Å². The summed E-state index contributed by atoms with van der Waals surface area (Å²) < 4.78 is 6.63. The number of nitrogens with one attached hydrogen (secondary N) is 2. The molecule has 3 saturated heterocycles. The Bertz CT molecular complexity index is 1370. The molecular weight excluding hydrogens is 589 g/mol. The predicted molar refractivity (Wildman–Crippen MR) is 163 cm³/mol. The molecule has 9 nitrogen and oxygen atoms in total. The van der Waals surface area contributed by atoms with E-state index >= 15 is 0 Å². The van der Waals surface area contributed by atoms with Gasteiger partial charge in [-0.25, -0.2) is 4.98 Å². The van der Waals surface area contributed by atoms with Crippen molar-refractivity contribution in [2.75, 3.05) is 5.32 Å². The molecule has 4 aliphatic rings. The summed E-state index contributed by atoms with van der Waals surface area (Å²) in [6.07, 6.45) is 8.73. The third-order valence-corrected chi connectivity index (χ3v) is 10.8. The number of likely N-dealkylation sites (tertiary alicyclic amines) is 1. The number of ether oxygens (including phenoxy) is 1. The normalized spacial score (nSPS) is 33.7. The highest BCUT2D eigenvalue weighted by molar-refractivity contribution is 6.33. The van der Waals surface area contributed by atoms with E-state index in [1.165, 1.54) is 12.1 Å². The van der Waals surface area contributed by atoms with E-state index in [4.69, 9.17) is 27.9 Å². The molecule has 2 N–H and O–H groups in total. The number of nitrogens with zero attached hydrogens (tertiary/aromatic N) is 3. The van der Waals surface area contributed by atoms with Crippen molar-refractivity contribution in [2.24, 2.45) is 23.7 Å².